The van der Waals surface area contributed by atoms with Gasteiger partial charge in [-0.2, -0.15) is 0 Å². The number of nitrogens with zero attached hydrogens (tertiary/aromatic N) is 2. The summed E-state index contributed by atoms with van der Waals surface area (Å²) in [6.07, 6.45) is 0.506. The summed E-state index contributed by atoms with van der Waals surface area (Å²) in [6.45, 7) is 4.55. The molecular formula is C18H19FN4O2. The molecule has 0 atom stereocenters. The van der Waals surface area contributed by atoms with Crippen LogP contribution in [-0.2, 0) is 6.42 Å². The number of aromatic amines is 2. The first-order chi connectivity index (χ1) is 12.0. The van der Waals surface area contributed by atoms with Gasteiger partial charge in [0.05, 0.1) is 11.0 Å². The van der Waals surface area contributed by atoms with E-state index in [1.54, 1.807) is 17.9 Å². The molecule has 130 valence electrons. The van der Waals surface area contributed by atoms with Crippen LogP contribution in [0.3, 0.4) is 0 Å². The quantitative estimate of drug-likeness (QED) is 0.747. The zero-order chi connectivity index (χ0) is 18.0. The molecule has 0 bridgehead atoms. The Morgan fingerprint density at radius 3 is 2.76 bits per heavy atom. The molecule has 3 rings (SSSR count). The van der Waals surface area contributed by atoms with E-state index in [9.17, 15) is 14.0 Å². The molecule has 0 unspecified atom stereocenters. The highest BCUT2D eigenvalue weighted by Crippen LogP contribution is 2.13. The largest absolute Gasteiger partial charge is 0.354 e. The number of H-pyrrole nitrogens is 2. The smallest absolute Gasteiger partial charge is 0.270 e. The third kappa shape index (κ3) is 3.76. The van der Waals surface area contributed by atoms with E-state index in [0.29, 0.717) is 42.1 Å². The second-order valence-corrected chi connectivity index (χ2v) is 5.89. The van der Waals surface area contributed by atoms with E-state index < -0.39 is 0 Å². The maximum atomic E-state index is 13.2. The first-order valence-corrected chi connectivity index (χ1v) is 8.10. The summed E-state index contributed by atoms with van der Waals surface area (Å²) >= 11 is 0. The molecule has 7 heteroatoms. The lowest BCUT2D eigenvalue weighted by Gasteiger charge is -2.20. The number of likely N-dealkylation sites (N-methyl/N-ethyl adjacent to an activating group) is 1. The molecule has 0 saturated heterocycles. The molecule has 6 nitrogen and oxygen atoms in total. The number of aromatic nitrogens is 3. The van der Waals surface area contributed by atoms with E-state index in [1.165, 1.54) is 24.3 Å². The van der Waals surface area contributed by atoms with Crippen LogP contribution in [0.25, 0.3) is 11.0 Å². The predicted octanol–water partition coefficient (Wildman–Crippen LogP) is 2.40. The molecule has 0 radical (unpaired) electrons. The number of fused-ring (bicyclic) bond motifs is 1. The Morgan fingerprint density at radius 2 is 2.04 bits per heavy atom. The lowest BCUT2D eigenvalue weighted by Crippen LogP contribution is -2.34. The fourth-order valence-electron chi connectivity index (χ4n) is 2.76. The van der Waals surface area contributed by atoms with E-state index in [4.69, 9.17) is 0 Å². The summed E-state index contributed by atoms with van der Waals surface area (Å²) < 4.78 is 13.2. The van der Waals surface area contributed by atoms with Crippen molar-refractivity contribution in [2.45, 2.75) is 20.3 Å². The van der Waals surface area contributed by atoms with Crippen molar-refractivity contribution in [3.63, 3.8) is 0 Å². The van der Waals surface area contributed by atoms with Crippen LogP contribution < -0.4 is 5.43 Å². The number of amides is 1. The van der Waals surface area contributed by atoms with Gasteiger partial charge in [-0.05, 0) is 32.0 Å². The minimum absolute atomic E-state index is 0.199. The first-order valence-electron chi connectivity index (χ1n) is 8.10. The SMILES string of the molecule is CCN(CCc1nc2ccc(F)cc2[nH]1)C(=O)c1cc(=O)cc(C)[nH]1. The van der Waals surface area contributed by atoms with Crippen LogP contribution >= 0.6 is 0 Å². The summed E-state index contributed by atoms with van der Waals surface area (Å²) in [5, 5.41) is 0. The van der Waals surface area contributed by atoms with Gasteiger partial charge in [-0.25, -0.2) is 9.37 Å². The molecule has 0 spiro atoms. The molecule has 0 aliphatic rings. The van der Waals surface area contributed by atoms with E-state index >= 15 is 0 Å². The number of halogens is 1. The van der Waals surface area contributed by atoms with Gasteiger partial charge in [-0.3, -0.25) is 9.59 Å². The van der Waals surface area contributed by atoms with Gasteiger partial charge < -0.3 is 14.9 Å². The van der Waals surface area contributed by atoms with E-state index in [0.717, 1.165) is 0 Å². The maximum Gasteiger partial charge on any atom is 0.270 e. The molecule has 3 aromatic rings. The standard InChI is InChI=1S/C18H19FN4O2/c1-3-23(18(25)16-10-13(24)8-11(2)20-16)7-6-17-21-14-5-4-12(19)9-15(14)22-17/h4-5,8-10H,3,6-7H2,1-2H3,(H,20,24)(H,21,22). The maximum absolute atomic E-state index is 13.2. The van der Waals surface area contributed by atoms with Crippen LogP contribution in [0.2, 0.25) is 0 Å². The highest BCUT2D eigenvalue weighted by Gasteiger charge is 2.16. The van der Waals surface area contributed by atoms with Crippen molar-refractivity contribution in [3.8, 4) is 0 Å². The van der Waals surface area contributed by atoms with Gasteiger partial charge in [-0.1, -0.05) is 0 Å². The molecule has 0 aliphatic heterocycles. The van der Waals surface area contributed by atoms with Crippen molar-refractivity contribution in [3.05, 3.63) is 63.6 Å². The van der Waals surface area contributed by atoms with Crippen LogP contribution in [-0.4, -0.2) is 38.8 Å². The zero-order valence-electron chi connectivity index (χ0n) is 14.1. The second-order valence-electron chi connectivity index (χ2n) is 5.89. The third-order valence-corrected chi connectivity index (χ3v) is 3.99. The van der Waals surface area contributed by atoms with Crippen molar-refractivity contribution >= 4 is 16.9 Å². The van der Waals surface area contributed by atoms with Gasteiger partial charge in [0.2, 0.25) is 0 Å². The van der Waals surface area contributed by atoms with E-state index in [2.05, 4.69) is 15.0 Å². The summed E-state index contributed by atoms with van der Waals surface area (Å²) in [4.78, 5) is 36.2. The average Bonchev–Trinajstić information content (AvgIpc) is 2.96. The molecule has 0 saturated carbocycles. The predicted molar refractivity (Wildman–Crippen MR) is 93.1 cm³/mol. The van der Waals surface area contributed by atoms with Gasteiger partial charge in [0.15, 0.2) is 5.43 Å². The van der Waals surface area contributed by atoms with Crippen LogP contribution in [0.4, 0.5) is 4.39 Å². The Bertz CT molecular complexity index is 977. The minimum atomic E-state index is -0.323. The summed E-state index contributed by atoms with van der Waals surface area (Å²) in [5.74, 6) is 0.131. The molecule has 0 aliphatic carbocycles. The number of hydrogen-bond donors (Lipinski definition) is 2. The van der Waals surface area contributed by atoms with Crippen molar-refractivity contribution in [2.75, 3.05) is 13.1 Å². The second kappa shape index (κ2) is 6.88. The number of pyridine rings is 1. The van der Waals surface area contributed by atoms with Crippen LogP contribution in [0, 0.1) is 12.7 Å². The normalized spacial score (nSPS) is 11.0. The molecule has 25 heavy (non-hydrogen) atoms. The van der Waals surface area contributed by atoms with E-state index in [1.807, 2.05) is 6.92 Å². The summed E-state index contributed by atoms with van der Waals surface area (Å²) in [7, 11) is 0. The van der Waals surface area contributed by atoms with Crippen molar-refractivity contribution in [1.29, 1.82) is 0 Å². The lowest BCUT2D eigenvalue weighted by molar-refractivity contribution is 0.0759. The molecule has 2 N–H and O–H groups in total. The highest BCUT2D eigenvalue weighted by atomic mass is 19.1. The Hall–Kier alpha value is -2.96. The Kier molecular flexibility index (Phi) is 4.65. The monoisotopic (exact) mass is 342 g/mol. The fraction of sp³-hybridized carbons (Fsp3) is 0.278. The van der Waals surface area contributed by atoms with Gasteiger partial charge in [0.1, 0.15) is 17.3 Å². The zero-order valence-corrected chi connectivity index (χ0v) is 14.1. The molecule has 2 heterocycles. The number of benzene rings is 1. The highest BCUT2D eigenvalue weighted by molar-refractivity contribution is 5.92. The van der Waals surface area contributed by atoms with Crippen molar-refractivity contribution < 1.29 is 9.18 Å². The van der Waals surface area contributed by atoms with E-state index in [-0.39, 0.29) is 22.8 Å². The van der Waals surface area contributed by atoms with Crippen molar-refractivity contribution in [2.24, 2.45) is 0 Å². The minimum Gasteiger partial charge on any atom is -0.354 e. The number of carbonyl (C=O) groups is 1. The Balaban J connectivity index is 1.74. The van der Waals surface area contributed by atoms with Crippen molar-refractivity contribution in [1.82, 2.24) is 19.9 Å². The van der Waals surface area contributed by atoms with Crippen LogP contribution in [0.5, 0.6) is 0 Å². The molecule has 1 amide bonds. The summed E-state index contributed by atoms with van der Waals surface area (Å²) in [5.41, 5.74) is 2.04. The lowest BCUT2D eigenvalue weighted by atomic mass is 10.2. The molecule has 0 fully saturated rings. The van der Waals surface area contributed by atoms with Gasteiger partial charge >= 0.3 is 0 Å². The van der Waals surface area contributed by atoms with Gasteiger partial charge in [-0.15, -0.1) is 0 Å². The Labute approximate surface area is 143 Å². The number of aryl methyl sites for hydroxylation is 1. The fourth-order valence-corrected chi connectivity index (χ4v) is 2.76. The summed E-state index contributed by atoms with van der Waals surface area (Å²) in [6, 6.07) is 7.13. The average molecular weight is 342 g/mol. The van der Waals surface area contributed by atoms with Gasteiger partial charge in [0, 0.05) is 37.3 Å². The molecule has 1 aromatic carbocycles. The number of rotatable bonds is 5. The van der Waals surface area contributed by atoms with Crippen LogP contribution in [0.15, 0.2) is 35.1 Å². The van der Waals surface area contributed by atoms with Crippen LogP contribution in [0.1, 0.15) is 28.9 Å². The number of imidazole rings is 1. The topological polar surface area (TPSA) is 81.8 Å². The first kappa shape index (κ1) is 16.9. The third-order valence-electron chi connectivity index (χ3n) is 3.99. The Morgan fingerprint density at radius 1 is 1.24 bits per heavy atom. The molecular weight excluding hydrogens is 323 g/mol. The molecule has 2 aromatic heterocycles. The van der Waals surface area contributed by atoms with Gasteiger partial charge in [0.25, 0.3) is 5.91 Å². The number of hydrogen-bond acceptors (Lipinski definition) is 3. The number of carbonyl (C=O) groups excluding carboxylic acids is 1. The number of nitrogens with one attached hydrogen (secondary N) is 2.